The number of hydrogen-bond donors (Lipinski definition) is 1. The van der Waals surface area contributed by atoms with E-state index in [1.54, 1.807) is 0 Å². The van der Waals surface area contributed by atoms with Crippen LogP contribution < -0.4 is 0 Å². The zero-order valence-electron chi connectivity index (χ0n) is 6.71. The van der Waals surface area contributed by atoms with Crippen molar-refractivity contribution >= 4 is 0 Å². The van der Waals surface area contributed by atoms with Gasteiger partial charge >= 0.3 is 0 Å². The highest BCUT2D eigenvalue weighted by molar-refractivity contribution is 5.27. The zero-order valence-corrected chi connectivity index (χ0v) is 6.71. The van der Waals surface area contributed by atoms with E-state index in [0.29, 0.717) is 5.92 Å². The van der Waals surface area contributed by atoms with Gasteiger partial charge in [-0.25, -0.2) is 0 Å². The quantitative estimate of drug-likeness (QED) is 0.414. The van der Waals surface area contributed by atoms with E-state index in [9.17, 15) is 5.11 Å². The molecule has 3 saturated carbocycles. The van der Waals surface area contributed by atoms with Crippen LogP contribution in [0.2, 0.25) is 0 Å². The van der Waals surface area contributed by atoms with Crippen molar-refractivity contribution in [2.45, 2.75) is 25.4 Å². The van der Waals surface area contributed by atoms with Crippen molar-refractivity contribution in [2.24, 2.45) is 11.8 Å². The van der Waals surface area contributed by atoms with Crippen molar-refractivity contribution in [3.8, 4) is 0 Å². The molecule has 3 rings (SSSR count). The highest BCUT2D eigenvalue weighted by Gasteiger charge is 2.39. The molecule has 0 spiro atoms. The number of rotatable bonds is 0. The van der Waals surface area contributed by atoms with E-state index in [-0.39, 0.29) is 12.0 Å². The van der Waals surface area contributed by atoms with E-state index in [0.717, 1.165) is 19.3 Å². The molecule has 60 valence electrons. The van der Waals surface area contributed by atoms with Crippen LogP contribution in [0.4, 0.5) is 0 Å². The van der Waals surface area contributed by atoms with Crippen molar-refractivity contribution in [3.63, 3.8) is 0 Å². The number of aliphatic hydroxyl groups excluding tert-OH is 1. The van der Waals surface area contributed by atoms with Crippen LogP contribution in [0.15, 0.2) is 24.3 Å². The minimum atomic E-state index is -0.178. The first-order valence-corrected chi connectivity index (χ1v) is 4.22. The summed E-state index contributed by atoms with van der Waals surface area (Å²) in [5.41, 5.74) is 2.40. The molecule has 3 aliphatic rings. The summed E-state index contributed by atoms with van der Waals surface area (Å²) in [5, 5.41) is 9.62. The Hall–Kier alpha value is -0.560. The molecule has 0 aromatic heterocycles. The molecule has 0 amide bonds. The summed E-state index contributed by atoms with van der Waals surface area (Å²) in [4.78, 5) is 0. The lowest BCUT2D eigenvalue weighted by molar-refractivity contribution is 0.0655. The molecule has 1 N–H and O–H groups in total. The van der Waals surface area contributed by atoms with Gasteiger partial charge in [0.1, 0.15) is 0 Å². The Kier molecular flexibility index (Phi) is 1.43. The molecule has 2 bridgehead atoms. The summed E-state index contributed by atoms with van der Waals surface area (Å²) in [6.45, 7) is 7.95. The Morgan fingerprint density at radius 3 is 2.00 bits per heavy atom. The molecule has 3 fully saturated rings. The van der Waals surface area contributed by atoms with Crippen LogP contribution in [0, 0.1) is 11.8 Å². The fourth-order valence-electron chi connectivity index (χ4n) is 2.54. The van der Waals surface area contributed by atoms with Crippen molar-refractivity contribution in [1.82, 2.24) is 0 Å². The third kappa shape index (κ3) is 0.951. The molecule has 0 saturated heterocycles. The smallest absolute Gasteiger partial charge is 0.0645 e. The van der Waals surface area contributed by atoms with Gasteiger partial charge in [-0.1, -0.05) is 24.3 Å². The molecule has 1 heteroatoms. The minimum absolute atomic E-state index is 0.178. The van der Waals surface area contributed by atoms with Gasteiger partial charge in [0.25, 0.3) is 0 Å². The van der Waals surface area contributed by atoms with Crippen LogP contribution >= 0.6 is 0 Å². The Labute approximate surface area is 67.4 Å². The maximum Gasteiger partial charge on any atom is 0.0645 e. The number of aliphatic hydroxyl groups is 1. The third-order valence-corrected chi connectivity index (χ3v) is 2.94. The highest BCUT2D eigenvalue weighted by atomic mass is 16.3. The van der Waals surface area contributed by atoms with E-state index in [4.69, 9.17) is 0 Å². The van der Waals surface area contributed by atoms with Crippen molar-refractivity contribution in [1.29, 1.82) is 0 Å². The SMILES string of the molecule is C=C1CC2CC(=[13CH2])[C@@H]1[C@@H](O)C2. The fourth-order valence-corrected chi connectivity index (χ4v) is 2.54. The van der Waals surface area contributed by atoms with Gasteiger partial charge in [-0.15, -0.1) is 0 Å². The number of fused-ring (bicyclic) bond motifs is 3. The van der Waals surface area contributed by atoms with Gasteiger partial charge in [0, 0.05) is 5.92 Å². The van der Waals surface area contributed by atoms with E-state index in [1.807, 2.05) is 0 Å². The van der Waals surface area contributed by atoms with Crippen molar-refractivity contribution < 1.29 is 5.11 Å². The van der Waals surface area contributed by atoms with Crippen LogP contribution in [0.25, 0.3) is 0 Å². The van der Waals surface area contributed by atoms with Crippen LogP contribution in [0.3, 0.4) is 0 Å². The van der Waals surface area contributed by atoms with Gasteiger partial charge in [0.15, 0.2) is 0 Å². The Morgan fingerprint density at radius 1 is 1.18 bits per heavy atom. The molecule has 0 aliphatic heterocycles. The summed E-state index contributed by atoms with van der Waals surface area (Å²) < 4.78 is 0. The predicted octanol–water partition coefficient (Wildman–Crippen LogP) is 1.89. The molecule has 1 nitrogen and oxygen atoms in total. The summed E-state index contributed by atoms with van der Waals surface area (Å²) >= 11 is 0. The van der Waals surface area contributed by atoms with Crippen LogP contribution in [0.5, 0.6) is 0 Å². The highest BCUT2D eigenvalue weighted by Crippen LogP contribution is 2.46. The number of hydrogen-bond acceptors (Lipinski definition) is 1. The van der Waals surface area contributed by atoms with E-state index < -0.39 is 0 Å². The first-order valence-electron chi connectivity index (χ1n) is 4.22. The van der Waals surface area contributed by atoms with Crippen LogP contribution in [0.1, 0.15) is 19.3 Å². The molecular formula is C10H14O. The van der Waals surface area contributed by atoms with Crippen LogP contribution in [-0.4, -0.2) is 11.2 Å². The summed E-state index contributed by atoms with van der Waals surface area (Å²) in [6, 6.07) is 0. The minimum Gasteiger partial charge on any atom is -0.392 e. The largest absolute Gasteiger partial charge is 0.392 e. The molecule has 0 radical (unpaired) electrons. The van der Waals surface area contributed by atoms with Gasteiger partial charge in [0.2, 0.25) is 0 Å². The first kappa shape index (κ1) is 7.11. The molecule has 3 aliphatic carbocycles. The van der Waals surface area contributed by atoms with E-state index in [2.05, 4.69) is 13.2 Å². The normalized spacial score (nSPS) is 43.2. The van der Waals surface area contributed by atoms with Gasteiger partial charge in [-0.2, -0.15) is 0 Å². The molecule has 1 unspecified atom stereocenters. The lowest BCUT2D eigenvalue weighted by atomic mass is 9.65. The summed E-state index contributed by atoms with van der Waals surface area (Å²) in [5.74, 6) is 0.856. The Morgan fingerprint density at radius 2 is 1.73 bits per heavy atom. The van der Waals surface area contributed by atoms with Crippen molar-refractivity contribution in [2.75, 3.05) is 0 Å². The topological polar surface area (TPSA) is 20.2 Å². The lowest BCUT2D eigenvalue weighted by Crippen LogP contribution is -2.37. The second kappa shape index (κ2) is 2.21. The molecular weight excluding hydrogens is 137 g/mol. The van der Waals surface area contributed by atoms with Crippen molar-refractivity contribution in [3.05, 3.63) is 24.3 Å². The van der Waals surface area contributed by atoms with Gasteiger partial charge < -0.3 is 5.11 Å². The molecule has 0 aromatic carbocycles. The maximum absolute atomic E-state index is 9.62. The third-order valence-electron chi connectivity index (χ3n) is 2.94. The summed E-state index contributed by atoms with van der Waals surface area (Å²) in [6.07, 6.45) is 3.01. The standard InChI is InChI=1S/C10H14O/c1-6-3-8-4-7(2)10(6)9(11)5-8/h8-11H,1-5H2/t8?,9-,10-/m0/s1/i1+1. The average molecular weight is 151 g/mol. The molecule has 3 atom stereocenters. The average Bonchev–Trinajstić information content (AvgIpc) is 1.82. The molecule has 0 heterocycles. The molecule has 0 aromatic rings. The second-order valence-electron chi connectivity index (χ2n) is 3.87. The Balaban J connectivity index is 2.30. The fraction of sp³-hybridized carbons (Fsp3) is 0.600. The summed E-state index contributed by atoms with van der Waals surface area (Å²) in [7, 11) is 0. The van der Waals surface area contributed by atoms with Gasteiger partial charge in [0.05, 0.1) is 6.10 Å². The second-order valence-corrected chi connectivity index (χ2v) is 3.87. The first-order chi connectivity index (χ1) is 5.18. The van der Waals surface area contributed by atoms with E-state index in [1.165, 1.54) is 11.1 Å². The lowest BCUT2D eigenvalue weighted by Gasteiger charge is -2.43. The Bertz CT molecular complexity index is 199. The molecule has 11 heavy (non-hydrogen) atoms. The van der Waals surface area contributed by atoms with Crippen LogP contribution in [-0.2, 0) is 0 Å². The zero-order chi connectivity index (χ0) is 8.01. The van der Waals surface area contributed by atoms with Gasteiger partial charge in [-0.3, -0.25) is 0 Å². The van der Waals surface area contributed by atoms with Gasteiger partial charge in [-0.05, 0) is 25.2 Å². The van der Waals surface area contributed by atoms with E-state index >= 15 is 0 Å². The predicted molar refractivity (Wildman–Crippen MR) is 45.1 cm³/mol. The monoisotopic (exact) mass is 151 g/mol. The maximum atomic E-state index is 9.62.